The van der Waals surface area contributed by atoms with Crippen LogP contribution in [0.1, 0.15) is 60.2 Å². The van der Waals surface area contributed by atoms with Gasteiger partial charge in [0.25, 0.3) is 11.8 Å². The molecule has 0 saturated heterocycles. The number of benzene rings is 1. The molecule has 142 valence electrons. The molecule has 26 heavy (non-hydrogen) atoms. The van der Waals surface area contributed by atoms with E-state index < -0.39 is 6.10 Å². The normalized spacial score (nSPS) is 15.8. The number of hydrogen-bond acceptors (Lipinski definition) is 4. The lowest BCUT2D eigenvalue weighted by Gasteiger charge is -2.28. The highest BCUT2D eigenvalue weighted by molar-refractivity contribution is 6.21. The highest BCUT2D eigenvalue weighted by Crippen LogP contribution is 2.24. The van der Waals surface area contributed by atoms with Crippen molar-refractivity contribution in [3.63, 3.8) is 0 Å². The molecule has 0 radical (unpaired) electrons. The van der Waals surface area contributed by atoms with Gasteiger partial charge in [-0.25, -0.2) is 0 Å². The summed E-state index contributed by atoms with van der Waals surface area (Å²) in [6.07, 6.45) is 4.82. The quantitative estimate of drug-likeness (QED) is 0.323. The van der Waals surface area contributed by atoms with E-state index in [2.05, 4.69) is 20.4 Å². The van der Waals surface area contributed by atoms with Crippen molar-refractivity contribution in [3.05, 3.63) is 48.0 Å². The highest BCUT2D eigenvalue weighted by atomic mass is 16.5. The second-order valence-electron chi connectivity index (χ2n) is 6.45. The van der Waals surface area contributed by atoms with Crippen molar-refractivity contribution in [1.29, 1.82) is 0 Å². The van der Waals surface area contributed by atoms with E-state index in [1.807, 2.05) is 0 Å². The molecule has 2 amide bonds. The minimum atomic E-state index is -0.418. The molecule has 0 spiro atoms. The van der Waals surface area contributed by atoms with Crippen molar-refractivity contribution in [3.8, 4) is 0 Å². The number of carbonyl (C=O) groups excluding carboxylic acids is 2. The van der Waals surface area contributed by atoms with Gasteiger partial charge in [-0.2, -0.15) is 0 Å². The van der Waals surface area contributed by atoms with Crippen LogP contribution in [0.4, 0.5) is 0 Å². The van der Waals surface area contributed by atoms with Crippen LogP contribution >= 0.6 is 0 Å². The number of fused-ring (bicyclic) bond motifs is 1. The number of rotatable bonds is 12. The molecule has 5 heteroatoms. The van der Waals surface area contributed by atoms with Crippen molar-refractivity contribution < 1.29 is 19.1 Å². The topological polar surface area (TPSA) is 55.8 Å². The fraction of sp³-hybridized carbons (Fsp3) is 0.524. The van der Waals surface area contributed by atoms with Crippen molar-refractivity contribution in [1.82, 2.24) is 4.90 Å². The number of carbonyl (C=O) groups is 2. The third-order valence-corrected chi connectivity index (χ3v) is 4.48. The largest absolute Gasteiger partial charge is 0.373 e. The van der Waals surface area contributed by atoms with Gasteiger partial charge in [0.15, 0.2) is 0 Å². The van der Waals surface area contributed by atoms with Gasteiger partial charge >= 0.3 is 0 Å². The second kappa shape index (κ2) is 10.2. The number of amides is 2. The summed E-state index contributed by atoms with van der Waals surface area (Å²) < 4.78 is 11.9. The van der Waals surface area contributed by atoms with Gasteiger partial charge < -0.3 is 9.47 Å². The van der Waals surface area contributed by atoms with Crippen LogP contribution in [-0.4, -0.2) is 48.7 Å². The molecule has 0 bridgehead atoms. The fourth-order valence-electron chi connectivity index (χ4n) is 2.91. The van der Waals surface area contributed by atoms with Gasteiger partial charge in [-0.15, -0.1) is 6.58 Å². The summed E-state index contributed by atoms with van der Waals surface area (Å²) in [6, 6.07) is 6.91. The first-order valence-electron chi connectivity index (χ1n) is 9.45. The van der Waals surface area contributed by atoms with Crippen molar-refractivity contribution >= 4 is 11.8 Å². The van der Waals surface area contributed by atoms with Crippen LogP contribution in [0.25, 0.3) is 0 Å². The zero-order valence-electron chi connectivity index (χ0n) is 15.8. The maximum Gasteiger partial charge on any atom is 0.261 e. The Kier molecular flexibility index (Phi) is 8.01. The van der Waals surface area contributed by atoms with Crippen molar-refractivity contribution in [2.45, 2.75) is 51.7 Å². The third-order valence-electron chi connectivity index (χ3n) is 4.48. The van der Waals surface area contributed by atoms with E-state index in [-0.39, 0.29) is 24.5 Å². The highest BCUT2D eigenvalue weighted by Gasteiger charge is 2.38. The molecule has 0 N–H and O–H groups in total. The summed E-state index contributed by atoms with van der Waals surface area (Å²) in [5.74, 6) is -0.544. The number of ether oxygens (including phenoxy) is 2. The molecule has 0 fully saturated rings. The average molecular weight is 359 g/mol. The smallest absolute Gasteiger partial charge is 0.261 e. The molecule has 1 aromatic carbocycles. The monoisotopic (exact) mass is 359 g/mol. The van der Waals surface area contributed by atoms with E-state index in [9.17, 15) is 9.59 Å². The predicted molar refractivity (Wildman–Crippen MR) is 101 cm³/mol. The Hall–Kier alpha value is -1.98. The Bertz CT molecular complexity index is 593. The Balaban J connectivity index is 2.11. The molecule has 0 saturated carbocycles. The maximum atomic E-state index is 12.6. The fourth-order valence-corrected chi connectivity index (χ4v) is 2.91. The molecule has 1 aliphatic rings. The minimum Gasteiger partial charge on any atom is -0.373 e. The maximum absolute atomic E-state index is 12.6. The third kappa shape index (κ3) is 4.80. The molecule has 0 unspecified atom stereocenters. The summed E-state index contributed by atoms with van der Waals surface area (Å²) in [7, 11) is 0. The van der Waals surface area contributed by atoms with E-state index in [1.54, 1.807) is 30.3 Å². The molecular formula is C21H29NO4. The van der Waals surface area contributed by atoms with Crippen LogP contribution in [0.3, 0.4) is 0 Å². The van der Waals surface area contributed by atoms with Gasteiger partial charge in [-0.05, 0) is 25.0 Å². The molecule has 5 nitrogen and oxygen atoms in total. The summed E-state index contributed by atoms with van der Waals surface area (Å²) in [6.45, 7) is 9.36. The number of imide groups is 1. The van der Waals surface area contributed by atoms with Crippen molar-refractivity contribution in [2.75, 3.05) is 19.8 Å². The minimum absolute atomic E-state index is 0.166. The van der Waals surface area contributed by atoms with Gasteiger partial charge in [0.05, 0.1) is 17.7 Å². The van der Waals surface area contributed by atoms with E-state index in [0.717, 1.165) is 25.7 Å². The van der Waals surface area contributed by atoms with Gasteiger partial charge in [-0.1, -0.05) is 44.9 Å². The molecule has 2 atom stereocenters. The average Bonchev–Trinajstić information content (AvgIpc) is 2.90. The predicted octanol–water partition coefficient (Wildman–Crippen LogP) is 3.84. The molecule has 1 aromatic rings. The van der Waals surface area contributed by atoms with Gasteiger partial charge in [0, 0.05) is 13.2 Å². The lowest BCUT2D eigenvalue weighted by molar-refractivity contribution is -0.0599. The van der Waals surface area contributed by atoms with Gasteiger partial charge in [-0.3, -0.25) is 14.5 Å². The number of hydrogen-bond donors (Lipinski definition) is 0. The Morgan fingerprint density at radius 1 is 1.00 bits per heavy atom. The van der Waals surface area contributed by atoms with Crippen LogP contribution in [0.2, 0.25) is 0 Å². The van der Waals surface area contributed by atoms with Crippen LogP contribution < -0.4 is 0 Å². The SMILES string of the molecule is C=C[C@@H](OCCCC)[C@@H](CN1C(=O)c2ccccc2C1=O)OCCCC. The first-order chi connectivity index (χ1) is 12.6. The van der Waals surface area contributed by atoms with E-state index >= 15 is 0 Å². The Labute approximate surface area is 156 Å². The standard InChI is InChI=1S/C21H29NO4/c1-4-7-13-25-18(6-3)19(26-14-8-5-2)15-22-20(23)16-11-9-10-12-17(16)21(22)24/h6,9-12,18-19H,3-5,7-8,13-15H2,1-2H3/t18-,19-/m1/s1. The van der Waals surface area contributed by atoms with Gasteiger partial charge in [0.1, 0.15) is 12.2 Å². The Morgan fingerprint density at radius 2 is 1.54 bits per heavy atom. The first-order valence-corrected chi connectivity index (χ1v) is 9.45. The van der Waals surface area contributed by atoms with E-state index in [4.69, 9.17) is 9.47 Å². The number of nitrogens with zero attached hydrogens (tertiary/aromatic N) is 1. The summed E-state index contributed by atoms with van der Waals surface area (Å²) in [5.41, 5.74) is 0.902. The van der Waals surface area contributed by atoms with Crippen LogP contribution in [-0.2, 0) is 9.47 Å². The van der Waals surface area contributed by atoms with Crippen LogP contribution in [0, 0.1) is 0 Å². The van der Waals surface area contributed by atoms with Crippen LogP contribution in [0.15, 0.2) is 36.9 Å². The molecule has 1 heterocycles. The molecular weight excluding hydrogens is 330 g/mol. The van der Waals surface area contributed by atoms with Crippen molar-refractivity contribution in [2.24, 2.45) is 0 Å². The zero-order chi connectivity index (χ0) is 18.9. The zero-order valence-corrected chi connectivity index (χ0v) is 15.8. The summed E-state index contributed by atoms with van der Waals surface area (Å²) >= 11 is 0. The summed E-state index contributed by atoms with van der Waals surface area (Å²) in [4.78, 5) is 26.5. The lowest BCUT2D eigenvalue weighted by atomic mass is 10.1. The molecule has 2 rings (SSSR count). The lowest BCUT2D eigenvalue weighted by Crippen LogP contribution is -2.44. The summed E-state index contributed by atoms with van der Waals surface area (Å²) in [5, 5.41) is 0. The first kappa shape index (κ1) is 20.3. The molecule has 1 aliphatic heterocycles. The Morgan fingerprint density at radius 3 is 2.04 bits per heavy atom. The molecule has 0 aromatic heterocycles. The number of unbranched alkanes of at least 4 members (excludes halogenated alkanes) is 2. The van der Waals surface area contributed by atoms with E-state index in [1.165, 1.54) is 4.90 Å². The van der Waals surface area contributed by atoms with Crippen LogP contribution in [0.5, 0.6) is 0 Å². The molecule has 0 aliphatic carbocycles. The second-order valence-corrected chi connectivity index (χ2v) is 6.45. The van der Waals surface area contributed by atoms with E-state index in [0.29, 0.717) is 24.3 Å². The van der Waals surface area contributed by atoms with Gasteiger partial charge in [0.2, 0.25) is 0 Å².